The molecule has 0 saturated carbocycles. The van der Waals surface area contributed by atoms with Crippen molar-refractivity contribution in [3.63, 3.8) is 0 Å². The number of hydrogen-bond donors (Lipinski definition) is 1. The third-order valence-corrected chi connectivity index (χ3v) is 4.59. The van der Waals surface area contributed by atoms with Gasteiger partial charge in [0.2, 0.25) is 0 Å². The van der Waals surface area contributed by atoms with Gasteiger partial charge in [-0.3, -0.25) is 0 Å². The molecule has 1 rings (SSSR count). The highest BCUT2D eigenvalue weighted by molar-refractivity contribution is 7.11. The molecule has 4 nitrogen and oxygen atoms in total. The summed E-state index contributed by atoms with van der Waals surface area (Å²) in [5, 5.41) is 11.3. The summed E-state index contributed by atoms with van der Waals surface area (Å²) in [4.78, 5) is 7.91. The van der Waals surface area contributed by atoms with Gasteiger partial charge in [0.25, 0.3) is 0 Å². The van der Waals surface area contributed by atoms with Crippen LogP contribution in [-0.4, -0.2) is 41.7 Å². The first kappa shape index (κ1) is 16.6. The molecule has 1 N–H and O–H groups in total. The standard InChI is InChI=1S/C14H26N2O2S/c1-6-16(7-2)9-8-12-15-11(10-18-5)13(19-12)14(3,4)17/h17H,6-10H2,1-5H3. The second-order valence-electron chi connectivity index (χ2n) is 5.15. The van der Waals surface area contributed by atoms with Gasteiger partial charge in [-0.1, -0.05) is 13.8 Å². The SMILES string of the molecule is CCN(CC)CCc1nc(COC)c(C(C)(C)O)s1. The van der Waals surface area contributed by atoms with Crippen molar-refractivity contribution in [2.45, 2.75) is 46.3 Å². The number of nitrogens with zero attached hydrogens (tertiary/aromatic N) is 2. The first-order valence-electron chi connectivity index (χ1n) is 6.85. The van der Waals surface area contributed by atoms with E-state index in [1.54, 1.807) is 32.3 Å². The van der Waals surface area contributed by atoms with Crippen molar-refractivity contribution < 1.29 is 9.84 Å². The molecule has 0 aliphatic heterocycles. The molecular weight excluding hydrogens is 260 g/mol. The van der Waals surface area contributed by atoms with Gasteiger partial charge in [-0.05, 0) is 26.9 Å². The Labute approximate surface area is 120 Å². The van der Waals surface area contributed by atoms with Crippen molar-refractivity contribution in [3.8, 4) is 0 Å². The maximum Gasteiger partial charge on any atom is 0.0951 e. The molecule has 5 heteroatoms. The second kappa shape index (κ2) is 7.33. The summed E-state index contributed by atoms with van der Waals surface area (Å²) in [6, 6.07) is 0. The van der Waals surface area contributed by atoms with Crippen LogP contribution in [0.2, 0.25) is 0 Å². The van der Waals surface area contributed by atoms with Gasteiger partial charge in [-0.25, -0.2) is 4.98 Å². The van der Waals surface area contributed by atoms with E-state index in [1.165, 1.54) is 0 Å². The molecule has 1 aromatic rings. The first-order valence-corrected chi connectivity index (χ1v) is 7.66. The Bertz CT molecular complexity index is 381. The largest absolute Gasteiger partial charge is 0.385 e. The lowest BCUT2D eigenvalue weighted by molar-refractivity contribution is 0.0782. The monoisotopic (exact) mass is 286 g/mol. The number of aromatic nitrogens is 1. The van der Waals surface area contributed by atoms with Gasteiger partial charge in [0.05, 0.1) is 27.8 Å². The summed E-state index contributed by atoms with van der Waals surface area (Å²) in [5.74, 6) is 0. The molecule has 0 aliphatic rings. The molecule has 19 heavy (non-hydrogen) atoms. The van der Waals surface area contributed by atoms with Gasteiger partial charge < -0.3 is 14.7 Å². The molecule has 0 aliphatic carbocycles. The molecule has 0 radical (unpaired) electrons. The Morgan fingerprint density at radius 2 is 1.95 bits per heavy atom. The molecule has 1 heterocycles. The van der Waals surface area contributed by atoms with Gasteiger partial charge in [-0.2, -0.15) is 0 Å². The van der Waals surface area contributed by atoms with Gasteiger partial charge in [0.1, 0.15) is 0 Å². The van der Waals surface area contributed by atoms with Crippen molar-refractivity contribution in [1.29, 1.82) is 0 Å². The number of rotatable bonds is 8. The highest BCUT2D eigenvalue weighted by Crippen LogP contribution is 2.30. The Morgan fingerprint density at radius 3 is 2.42 bits per heavy atom. The Morgan fingerprint density at radius 1 is 1.32 bits per heavy atom. The van der Waals surface area contributed by atoms with E-state index < -0.39 is 5.60 Å². The van der Waals surface area contributed by atoms with Crippen LogP contribution in [0.5, 0.6) is 0 Å². The number of aliphatic hydroxyl groups is 1. The summed E-state index contributed by atoms with van der Waals surface area (Å²) in [7, 11) is 1.66. The lowest BCUT2D eigenvalue weighted by Gasteiger charge is -2.17. The van der Waals surface area contributed by atoms with Crippen LogP contribution in [0.15, 0.2) is 0 Å². The topological polar surface area (TPSA) is 45.6 Å². The lowest BCUT2D eigenvalue weighted by Crippen LogP contribution is -2.25. The minimum absolute atomic E-state index is 0.459. The zero-order valence-electron chi connectivity index (χ0n) is 12.7. The van der Waals surface area contributed by atoms with E-state index in [9.17, 15) is 5.11 Å². The highest BCUT2D eigenvalue weighted by atomic mass is 32.1. The molecule has 0 aromatic carbocycles. The Hall–Kier alpha value is -0.490. The van der Waals surface area contributed by atoms with Crippen LogP contribution in [0.3, 0.4) is 0 Å². The van der Waals surface area contributed by atoms with Crippen LogP contribution in [0.4, 0.5) is 0 Å². The van der Waals surface area contributed by atoms with Crippen molar-refractivity contribution in [1.82, 2.24) is 9.88 Å². The van der Waals surface area contributed by atoms with Crippen LogP contribution >= 0.6 is 11.3 Å². The smallest absolute Gasteiger partial charge is 0.0951 e. The average Bonchev–Trinajstić information content (AvgIpc) is 2.74. The number of likely N-dealkylation sites (N-methyl/N-ethyl adjacent to an activating group) is 1. The van der Waals surface area contributed by atoms with Crippen LogP contribution in [0.25, 0.3) is 0 Å². The summed E-state index contributed by atoms with van der Waals surface area (Å²) in [6.45, 7) is 11.5. The van der Waals surface area contributed by atoms with E-state index in [4.69, 9.17) is 4.74 Å². The number of ether oxygens (including phenoxy) is 1. The zero-order valence-corrected chi connectivity index (χ0v) is 13.5. The van der Waals surface area contributed by atoms with E-state index >= 15 is 0 Å². The molecule has 0 spiro atoms. The lowest BCUT2D eigenvalue weighted by atomic mass is 10.1. The number of hydrogen-bond acceptors (Lipinski definition) is 5. The molecule has 1 aromatic heterocycles. The molecule has 0 saturated heterocycles. The van der Waals surface area contributed by atoms with E-state index in [0.29, 0.717) is 6.61 Å². The van der Waals surface area contributed by atoms with E-state index in [-0.39, 0.29) is 0 Å². The normalized spacial score (nSPS) is 12.4. The quantitative estimate of drug-likeness (QED) is 0.797. The maximum atomic E-state index is 10.2. The van der Waals surface area contributed by atoms with E-state index in [2.05, 4.69) is 23.7 Å². The summed E-state index contributed by atoms with van der Waals surface area (Å²) in [5.41, 5.74) is 0.0217. The Kier molecular flexibility index (Phi) is 6.39. The van der Waals surface area contributed by atoms with Crippen molar-refractivity contribution in [2.75, 3.05) is 26.7 Å². The Balaban J connectivity index is 2.80. The summed E-state index contributed by atoms with van der Waals surface area (Å²) >= 11 is 1.60. The zero-order chi connectivity index (χ0) is 14.5. The number of methoxy groups -OCH3 is 1. The fraction of sp³-hybridized carbons (Fsp3) is 0.786. The number of thiazole rings is 1. The molecule has 0 atom stereocenters. The predicted octanol–water partition coefficient (Wildman–Crippen LogP) is 2.40. The van der Waals surface area contributed by atoms with Crippen molar-refractivity contribution in [3.05, 3.63) is 15.6 Å². The predicted molar refractivity (Wildman–Crippen MR) is 79.6 cm³/mol. The van der Waals surface area contributed by atoms with E-state index in [0.717, 1.165) is 41.6 Å². The minimum atomic E-state index is -0.848. The molecular formula is C14H26N2O2S. The highest BCUT2D eigenvalue weighted by Gasteiger charge is 2.24. The van der Waals surface area contributed by atoms with Crippen LogP contribution in [0, 0.1) is 0 Å². The molecule has 0 bridgehead atoms. The molecule has 110 valence electrons. The maximum absolute atomic E-state index is 10.2. The van der Waals surface area contributed by atoms with Crippen LogP contribution in [0.1, 0.15) is 43.3 Å². The minimum Gasteiger partial charge on any atom is -0.385 e. The van der Waals surface area contributed by atoms with Gasteiger partial charge in [0.15, 0.2) is 0 Å². The second-order valence-corrected chi connectivity index (χ2v) is 6.24. The third kappa shape index (κ3) is 4.84. The van der Waals surface area contributed by atoms with Gasteiger partial charge >= 0.3 is 0 Å². The summed E-state index contributed by atoms with van der Waals surface area (Å²) < 4.78 is 5.17. The van der Waals surface area contributed by atoms with Crippen LogP contribution in [-0.2, 0) is 23.4 Å². The molecule has 0 fully saturated rings. The van der Waals surface area contributed by atoms with Gasteiger partial charge in [0, 0.05) is 20.1 Å². The average molecular weight is 286 g/mol. The first-order chi connectivity index (χ1) is 8.92. The van der Waals surface area contributed by atoms with Crippen molar-refractivity contribution in [2.24, 2.45) is 0 Å². The third-order valence-electron chi connectivity index (χ3n) is 3.11. The van der Waals surface area contributed by atoms with E-state index in [1.807, 2.05) is 0 Å². The fourth-order valence-corrected chi connectivity index (χ4v) is 3.07. The fourth-order valence-electron chi connectivity index (χ4n) is 2.01. The van der Waals surface area contributed by atoms with Crippen molar-refractivity contribution >= 4 is 11.3 Å². The molecule has 0 unspecified atom stereocenters. The van der Waals surface area contributed by atoms with Crippen LogP contribution < -0.4 is 0 Å². The molecule has 0 amide bonds. The van der Waals surface area contributed by atoms with Gasteiger partial charge in [-0.15, -0.1) is 11.3 Å². The summed E-state index contributed by atoms with van der Waals surface area (Å²) in [6.07, 6.45) is 0.930.